The molecule has 224 valence electrons. The van der Waals surface area contributed by atoms with Crippen LogP contribution in [0.1, 0.15) is 64.6 Å². The van der Waals surface area contributed by atoms with Crippen molar-refractivity contribution in [2.24, 2.45) is 5.73 Å². The molecule has 4 aromatic rings. The summed E-state index contributed by atoms with van der Waals surface area (Å²) in [7, 11) is 0. The normalized spacial score (nSPS) is 16.2. The number of piperidine rings is 1. The lowest BCUT2D eigenvalue weighted by Gasteiger charge is -2.34. The zero-order valence-electron chi connectivity index (χ0n) is 25.4. The molecule has 1 aliphatic carbocycles. The predicted molar refractivity (Wildman–Crippen MR) is 172 cm³/mol. The van der Waals surface area contributed by atoms with Crippen molar-refractivity contribution in [2.45, 2.75) is 71.2 Å². The van der Waals surface area contributed by atoms with Crippen LogP contribution in [0.4, 0.5) is 0 Å². The summed E-state index contributed by atoms with van der Waals surface area (Å²) in [5.41, 5.74) is 15.8. The van der Waals surface area contributed by atoms with Gasteiger partial charge in [-0.05, 0) is 96.6 Å². The molecule has 6 heteroatoms. The van der Waals surface area contributed by atoms with Crippen molar-refractivity contribution in [3.63, 3.8) is 0 Å². The summed E-state index contributed by atoms with van der Waals surface area (Å²) in [6.07, 6.45) is 5.79. The van der Waals surface area contributed by atoms with Gasteiger partial charge in [0.2, 0.25) is 5.91 Å². The zero-order valence-corrected chi connectivity index (χ0v) is 25.4. The van der Waals surface area contributed by atoms with Crippen LogP contribution in [-0.4, -0.2) is 23.4 Å². The van der Waals surface area contributed by atoms with Gasteiger partial charge in [0.1, 0.15) is 24.7 Å². The molecule has 0 saturated carbocycles. The Balaban J connectivity index is 1.33. The number of nitrogens with two attached hydrogens (primary N) is 1. The third kappa shape index (κ3) is 6.34. The Bertz CT molecular complexity index is 1690. The molecule has 4 aromatic carbocycles. The van der Waals surface area contributed by atoms with E-state index in [4.69, 9.17) is 15.2 Å². The largest absolute Gasteiger partial charge is 0.488 e. The molecule has 44 heavy (non-hydrogen) atoms. The van der Waals surface area contributed by atoms with Crippen LogP contribution in [0.5, 0.6) is 11.5 Å². The van der Waals surface area contributed by atoms with Gasteiger partial charge in [0.25, 0.3) is 0 Å². The number of primary amides is 1. The molecule has 6 nitrogen and oxygen atoms in total. The first kappa shape index (κ1) is 29.5. The molecule has 0 aromatic heterocycles. The number of nitriles is 1. The second-order valence-electron chi connectivity index (χ2n) is 11.9. The predicted octanol–water partition coefficient (Wildman–Crippen LogP) is 7.02. The Labute approximate surface area is 260 Å². The summed E-state index contributed by atoms with van der Waals surface area (Å²) < 4.78 is 13.2. The zero-order chi connectivity index (χ0) is 30.5. The topological polar surface area (TPSA) is 88.6 Å². The number of rotatable bonds is 10. The van der Waals surface area contributed by atoms with E-state index >= 15 is 0 Å². The summed E-state index contributed by atoms with van der Waals surface area (Å²) in [6, 6.07) is 28.3. The maximum atomic E-state index is 12.4. The highest BCUT2D eigenvalue weighted by molar-refractivity contribution is 5.80. The van der Waals surface area contributed by atoms with Gasteiger partial charge in [0, 0.05) is 18.2 Å². The van der Waals surface area contributed by atoms with E-state index in [1.54, 1.807) is 6.07 Å². The summed E-state index contributed by atoms with van der Waals surface area (Å²) >= 11 is 0. The summed E-state index contributed by atoms with van der Waals surface area (Å²) in [6.45, 7) is 4.39. The number of amides is 1. The first-order chi connectivity index (χ1) is 21.5. The van der Waals surface area contributed by atoms with Crippen LogP contribution in [0.15, 0.2) is 78.9 Å². The summed E-state index contributed by atoms with van der Waals surface area (Å²) in [5, 5.41) is 9.39. The molecule has 2 aliphatic rings. The Morgan fingerprint density at radius 3 is 2.52 bits per heavy atom. The number of likely N-dealkylation sites (tertiary alicyclic amines) is 1. The smallest absolute Gasteiger partial charge is 0.234 e. The van der Waals surface area contributed by atoms with E-state index in [0.29, 0.717) is 25.3 Å². The third-order valence-corrected chi connectivity index (χ3v) is 9.11. The molecule has 1 unspecified atom stereocenters. The van der Waals surface area contributed by atoms with Crippen LogP contribution in [0.25, 0.3) is 11.1 Å². The van der Waals surface area contributed by atoms with Gasteiger partial charge in [-0.15, -0.1) is 0 Å². The van der Waals surface area contributed by atoms with E-state index in [0.717, 1.165) is 73.3 Å². The van der Waals surface area contributed by atoms with Crippen molar-refractivity contribution in [3.8, 4) is 28.7 Å². The quantitative estimate of drug-likeness (QED) is 0.216. The molecule has 1 aliphatic heterocycles. The van der Waals surface area contributed by atoms with Crippen molar-refractivity contribution < 1.29 is 14.3 Å². The van der Waals surface area contributed by atoms with E-state index < -0.39 is 0 Å². The number of hydrogen-bond acceptors (Lipinski definition) is 5. The van der Waals surface area contributed by atoms with E-state index in [2.05, 4.69) is 60.4 Å². The van der Waals surface area contributed by atoms with Crippen LogP contribution < -0.4 is 15.2 Å². The molecule has 1 fully saturated rings. The van der Waals surface area contributed by atoms with Gasteiger partial charge in [-0.25, -0.2) is 0 Å². The van der Waals surface area contributed by atoms with E-state index in [-0.39, 0.29) is 11.9 Å². The first-order valence-electron chi connectivity index (χ1n) is 15.6. The molecule has 0 bridgehead atoms. The van der Waals surface area contributed by atoms with Crippen molar-refractivity contribution in [2.75, 3.05) is 6.54 Å². The van der Waals surface area contributed by atoms with Crippen molar-refractivity contribution in [1.82, 2.24) is 4.90 Å². The Morgan fingerprint density at radius 2 is 1.70 bits per heavy atom. The third-order valence-electron chi connectivity index (χ3n) is 9.11. The number of nitrogens with zero attached hydrogens (tertiary/aromatic N) is 2. The average molecular weight is 586 g/mol. The van der Waals surface area contributed by atoms with Crippen LogP contribution in [0, 0.1) is 18.3 Å². The highest BCUT2D eigenvalue weighted by Crippen LogP contribution is 2.41. The molecule has 2 N–H and O–H groups in total. The van der Waals surface area contributed by atoms with Crippen molar-refractivity contribution in [1.29, 1.82) is 5.26 Å². The maximum absolute atomic E-state index is 12.4. The van der Waals surface area contributed by atoms with Crippen LogP contribution in [0.3, 0.4) is 0 Å². The molecule has 0 radical (unpaired) electrons. The molecule has 6 rings (SSSR count). The van der Waals surface area contributed by atoms with Crippen molar-refractivity contribution in [3.05, 3.63) is 118 Å². The number of fused-ring (bicyclic) bond motifs is 1. The van der Waals surface area contributed by atoms with Crippen LogP contribution in [0.2, 0.25) is 0 Å². The minimum Gasteiger partial charge on any atom is -0.488 e. The SMILES string of the molecule is Cc1c(COc2cc(OCc3cccc(C#N)c3)c(CN3CCCCC3C(N)=O)c3c2CCC3)cccc1-c1ccccc1. The minimum atomic E-state index is -0.267. The standard InChI is InChI=1S/C38H39N3O3/c1-26-30(14-8-15-31(26)29-12-3-2-4-13-29)25-44-36-21-37(43-24-28-11-7-10-27(20-28)22-39)34(32-16-9-17-33(32)36)23-41-19-6-5-18-35(41)38(40)42/h2-4,7-8,10-15,20-21,35H,5-6,9,16-19,23-25H2,1H3,(H2,40,42). The van der Waals surface area contributed by atoms with Gasteiger partial charge in [-0.1, -0.05) is 67.1 Å². The molecular weight excluding hydrogens is 546 g/mol. The Morgan fingerprint density at radius 1 is 0.909 bits per heavy atom. The van der Waals surface area contributed by atoms with E-state index in [1.807, 2.05) is 30.3 Å². The van der Waals surface area contributed by atoms with E-state index in [9.17, 15) is 10.1 Å². The van der Waals surface area contributed by atoms with Gasteiger partial charge < -0.3 is 15.2 Å². The van der Waals surface area contributed by atoms with Crippen LogP contribution in [-0.2, 0) is 37.4 Å². The number of benzene rings is 4. The molecule has 1 saturated heterocycles. The lowest BCUT2D eigenvalue weighted by atomic mass is 9.96. The number of ether oxygens (including phenoxy) is 2. The maximum Gasteiger partial charge on any atom is 0.234 e. The fourth-order valence-electron chi connectivity index (χ4n) is 6.74. The number of carbonyl (C=O) groups is 1. The summed E-state index contributed by atoms with van der Waals surface area (Å²) in [4.78, 5) is 14.6. The number of hydrogen-bond donors (Lipinski definition) is 1. The number of carbonyl (C=O) groups excluding carboxylic acids is 1. The van der Waals surface area contributed by atoms with Gasteiger partial charge in [-0.3, -0.25) is 9.69 Å². The monoisotopic (exact) mass is 585 g/mol. The lowest BCUT2D eigenvalue weighted by Crippen LogP contribution is -2.47. The van der Waals surface area contributed by atoms with Crippen molar-refractivity contribution >= 4 is 5.91 Å². The second kappa shape index (κ2) is 13.4. The molecule has 1 amide bonds. The second-order valence-corrected chi connectivity index (χ2v) is 11.9. The average Bonchev–Trinajstić information content (AvgIpc) is 3.55. The van der Waals surface area contributed by atoms with Gasteiger partial charge in [-0.2, -0.15) is 5.26 Å². The van der Waals surface area contributed by atoms with Gasteiger partial charge in [0.05, 0.1) is 17.7 Å². The fourth-order valence-corrected chi connectivity index (χ4v) is 6.74. The fraction of sp³-hybridized carbons (Fsp3) is 0.316. The lowest BCUT2D eigenvalue weighted by molar-refractivity contribution is -0.124. The van der Waals surface area contributed by atoms with Crippen LogP contribution >= 0.6 is 0 Å². The highest BCUT2D eigenvalue weighted by Gasteiger charge is 2.31. The Kier molecular flexibility index (Phi) is 8.95. The molecular formula is C38H39N3O3. The van der Waals surface area contributed by atoms with Gasteiger partial charge in [0.15, 0.2) is 0 Å². The Hall–Kier alpha value is -4.60. The first-order valence-corrected chi connectivity index (χ1v) is 15.6. The highest BCUT2D eigenvalue weighted by atomic mass is 16.5. The minimum absolute atomic E-state index is 0.259. The molecule has 0 spiro atoms. The molecule has 1 atom stereocenters. The summed E-state index contributed by atoms with van der Waals surface area (Å²) in [5.74, 6) is 1.37. The van der Waals surface area contributed by atoms with E-state index in [1.165, 1.54) is 27.8 Å². The van der Waals surface area contributed by atoms with Gasteiger partial charge >= 0.3 is 0 Å². The molecule has 1 heterocycles.